The number of aliphatic imine (C=N–C) groups is 1. The van der Waals surface area contributed by atoms with Crippen molar-refractivity contribution >= 4 is 33.7 Å². The van der Waals surface area contributed by atoms with Crippen LogP contribution in [-0.4, -0.2) is 23.8 Å². The van der Waals surface area contributed by atoms with Crippen LogP contribution < -0.4 is 4.74 Å². The molecule has 0 saturated carbocycles. The van der Waals surface area contributed by atoms with Gasteiger partial charge in [-0.15, -0.1) is 0 Å². The number of halogens is 1. The minimum absolute atomic E-state index is 0.0800. The fourth-order valence-electron chi connectivity index (χ4n) is 1.82. The normalized spacial score (nSPS) is 13.2. The minimum atomic E-state index is -1.06. The number of carbonyl (C=O) groups is 1. The van der Waals surface area contributed by atoms with Crippen molar-refractivity contribution in [2.24, 2.45) is 4.99 Å². The zero-order valence-corrected chi connectivity index (χ0v) is 10.3. The number of isocyanates is 1. The van der Waals surface area contributed by atoms with Crippen LogP contribution in [0.5, 0.6) is 5.75 Å². The van der Waals surface area contributed by atoms with Crippen LogP contribution in [0.15, 0.2) is 15.5 Å². The molecule has 1 aromatic carbocycles. The maximum Gasteiger partial charge on any atom is 0.339 e. The second kappa shape index (κ2) is 4.69. The highest BCUT2D eigenvalue weighted by Gasteiger charge is 2.24. The molecule has 2 rings (SSSR count). The minimum Gasteiger partial charge on any atom is -0.492 e. The van der Waals surface area contributed by atoms with Gasteiger partial charge in [0, 0.05) is 10.0 Å². The van der Waals surface area contributed by atoms with E-state index in [-0.39, 0.29) is 5.56 Å². The predicted molar refractivity (Wildman–Crippen MR) is 62.7 cm³/mol. The van der Waals surface area contributed by atoms with Gasteiger partial charge in [0.05, 0.1) is 12.3 Å². The molecule has 6 heteroatoms. The number of hydrogen-bond acceptors (Lipinski definition) is 4. The molecule has 0 spiro atoms. The first-order chi connectivity index (χ1) is 8.15. The van der Waals surface area contributed by atoms with Gasteiger partial charge in [-0.05, 0) is 34.8 Å². The van der Waals surface area contributed by atoms with Crippen LogP contribution in [0, 0.1) is 0 Å². The Morgan fingerprint density at radius 1 is 1.59 bits per heavy atom. The lowest BCUT2D eigenvalue weighted by atomic mass is 10.0. The van der Waals surface area contributed by atoms with E-state index in [1.165, 1.54) is 12.1 Å². The molecule has 17 heavy (non-hydrogen) atoms. The van der Waals surface area contributed by atoms with E-state index in [9.17, 15) is 9.59 Å². The molecule has 1 aliphatic rings. The highest BCUT2D eigenvalue weighted by Crippen LogP contribution is 2.41. The van der Waals surface area contributed by atoms with Crippen LogP contribution >= 0.6 is 15.9 Å². The average Bonchev–Trinajstić information content (AvgIpc) is 2.32. The summed E-state index contributed by atoms with van der Waals surface area (Å²) in [5.74, 6) is -0.758. The number of carboxylic acid groups (broad SMARTS) is 1. The van der Waals surface area contributed by atoms with E-state index in [1.54, 1.807) is 0 Å². The van der Waals surface area contributed by atoms with Gasteiger partial charge in [0.15, 0.2) is 0 Å². The van der Waals surface area contributed by atoms with Crippen molar-refractivity contribution in [2.75, 3.05) is 6.61 Å². The lowest BCUT2D eigenvalue weighted by Crippen LogP contribution is -2.13. The summed E-state index contributed by atoms with van der Waals surface area (Å²) in [6, 6.07) is 1.39. The highest BCUT2D eigenvalue weighted by molar-refractivity contribution is 9.10. The van der Waals surface area contributed by atoms with Crippen molar-refractivity contribution < 1.29 is 19.4 Å². The molecule has 0 aromatic heterocycles. The first kappa shape index (κ1) is 11.8. The van der Waals surface area contributed by atoms with Gasteiger partial charge >= 0.3 is 5.97 Å². The van der Waals surface area contributed by atoms with Crippen LogP contribution in [0.2, 0.25) is 0 Å². The van der Waals surface area contributed by atoms with Gasteiger partial charge in [-0.25, -0.2) is 9.59 Å². The molecule has 0 unspecified atom stereocenters. The van der Waals surface area contributed by atoms with Gasteiger partial charge in [-0.2, -0.15) is 4.99 Å². The van der Waals surface area contributed by atoms with Gasteiger partial charge in [0.2, 0.25) is 6.08 Å². The third kappa shape index (κ3) is 2.09. The fraction of sp³-hybridized carbons (Fsp3) is 0.273. The monoisotopic (exact) mass is 297 g/mol. The second-order valence-corrected chi connectivity index (χ2v) is 4.38. The Morgan fingerprint density at radius 3 is 3.00 bits per heavy atom. The standard InChI is InChI=1S/C11H8BrNO4/c12-8-4-7(11(15)16)10-6(2-1-3-17-10)9(8)13-5-14/h4H,1-3H2,(H,15,16). The molecule has 5 nitrogen and oxygen atoms in total. The van der Waals surface area contributed by atoms with Crippen LogP contribution in [0.3, 0.4) is 0 Å². The van der Waals surface area contributed by atoms with Crippen molar-refractivity contribution in [1.29, 1.82) is 0 Å². The Labute approximate surface area is 105 Å². The Morgan fingerprint density at radius 2 is 2.35 bits per heavy atom. The Bertz CT molecular complexity index is 535. The number of nitrogens with zero attached hydrogens (tertiary/aromatic N) is 1. The molecule has 1 N–H and O–H groups in total. The van der Waals surface area contributed by atoms with E-state index in [0.29, 0.717) is 34.5 Å². The first-order valence-corrected chi connectivity index (χ1v) is 5.73. The molecule has 1 aromatic rings. The van der Waals surface area contributed by atoms with Crippen molar-refractivity contribution in [1.82, 2.24) is 0 Å². The van der Waals surface area contributed by atoms with Gasteiger partial charge in [0.1, 0.15) is 11.3 Å². The number of ether oxygens (including phenoxy) is 1. The van der Waals surface area contributed by atoms with E-state index in [2.05, 4.69) is 20.9 Å². The summed E-state index contributed by atoms with van der Waals surface area (Å²) in [6.07, 6.45) is 2.87. The molecule has 0 aliphatic carbocycles. The summed E-state index contributed by atoms with van der Waals surface area (Å²) in [6.45, 7) is 0.471. The topological polar surface area (TPSA) is 76.0 Å². The van der Waals surface area contributed by atoms with Crippen molar-refractivity contribution in [3.8, 4) is 5.75 Å². The molecule has 0 radical (unpaired) electrons. The summed E-state index contributed by atoms with van der Waals surface area (Å²) >= 11 is 3.20. The molecular weight excluding hydrogens is 290 g/mol. The zero-order valence-electron chi connectivity index (χ0n) is 8.70. The SMILES string of the molecule is O=C=Nc1c(Br)cc(C(=O)O)c2c1CCCO2. The van der Waals surface area contributed by atoms with Gasteiger partial charge in [-0.3, -0.25) is 0 Å². The highest BCUT2D eigenvalue weighted by atomic mass is 79.9. The lowest BCUT2D eigenvalue weighted by molar-refractivity contribution is 0.0691. The number of carboxylic acids is 1. The fourth-order valence-corrected chi connectivity index (χ4v) is 2.38. The van der Waals surface area contributed by atoms with Crippen LogP contribution in [-0.2, 0) is 11.2 Å². The van der Waals surface area contributed by atoms with E-state index in [1.807, 2.05) is 0 Å². The molecule has 0 bridgehead atoms. The summed E-state index contributed by atoms with van der Waals surface area (Å²) in [4.78, 5) is 25.0. The average molecular weight is 298 g/mol. The summed E-state index contributed by atoms with van der Waals surface area (Å²) in [7, 11) is 0. The quantitative estimate of drug-likeness (QED) is 0.672. The second-order valence-electron chi connectivity index (χ2n) is 3.52. The molecule has 0 saturated heterocycles. The van der Waals surface area contributed by atoms with Gasteiger partial charge < -0.3 is 9.84 Å². The number of hydrogen-bond donors (Lipinski definition) is 1. The molecule has 1 heterocycles. The zero-order chi connectivity index (χ0) is 12.4. The van der Waals surface area contributed by atoms with Crippen molar-refractivity contribution in [3.05, 3.63) is 21.7 Å². The van der Waals surface area contributed by atoms with Gasteiger partial charge in [-0.1, -0.05) is 0 Å². The van der Waals surface area contributed by atoms with E-state index < -0.39 is 5.97 Å². The Balaban J connectivity index is 2.73. The van der Waals surface area contributed by atoms with Crippen LogP contribution in [0.25, 0.3) is 0 Å². The summed E-state index contributed by atoms with van der Waals surface area (Å²) in [5.41, 5.74) is 1.13. The van der Waals surface area contributed by atoms with Crippen LogP contribution in [0.4, 0.5) is 5.69 Å². The van der Waals surface area contributed by atoms with E-state index >= 15 is 0 Å². The third-order valence-electron chi connectivity index (χ3n) is 2.51. The Hall–Kier alpha value is -1.65. The number of rotatable bonds is 2. The molecule has 88 valence electrons. The molecule has 1 aliphatic heterocycles. The number of carbonyl (C=O) groups excluding carboxylic acids is 1. The predicted octanol–water partition coefficient (Wildman–Crippen LogP) is 2.44. The van der Waals surface area contributed by atoms with Crippen LogP contribution in [0.1, 0.15) is 22.3 Å². The lowest BCUT2D eigenvalue weighted by Gasteiger charge is -2.21. The summed E-state index contributed by atoms with van der Waals surface area (Å²) < 4.78 is 5.83. The number of benzene rings is 1. The number of aromatic carboxylic acids is 1. The summed E-state index contributed by atoms with van der Waals surface area (Å²) in [5, 5.41) is 9.08. The molecular formula is C11H8BrNO4. The smallest absolute Gasteiger partial charge is 0.339 e. The maximum absolute atomic E-state index is 11.1. The maximum atomic E-state index is 11.1. The molecule has 0 fully saturated rings. The van der Waals surface area contributed by atoms with E-state index in [4.69, 9.17) is 9.84 Å². The van der Waals surface area contributed by atoms with Crippen molar-refractivity contribution in [3.63, 3.8) is 0 Å². The first-order valence-electron chi connectivity index (χ1n) is 4.94. The Kier molecular flexibility index (Phi) is 3.26. The van der Waals surface area contributed by atoms with Crippen molar-refractivity contribution in [2.45, 2.75) is 12.8 Å². The molecule has 0 atom stereocenters. The third-order valence-corrected chi connectivity index (χ3v) is 3.11. The van der Waals surface area contributed by atoms with Gasteiger partial charge in [0.25, 0.3) is 0 Å². The number of fused-ring (bicyclic) bond motifs is 1. The largest absolute Gasteiger partial charge is 0.492 e. The molecule has 0 amide bonds. The van der Waals surface area contributed by atoms with E-state index in [0.717, 1.165) is 6.42 Å².